The molecule has 0 spiro atoms. The van der Waals surface area contributed by atoms with Crippen molar-refractivity contribution in [1.82, 2.24) is 0 Å². The average Bonchev–Trinajstić information content (AvgIpc) is 2.46. The van der Waals surface area contributed by atoms with Crippen molar-refractivity contribution in [2.45, 2.75) is 56.6 Å². The van der Waals surface area contributed by atoms with Crippen LogP contribution >= 0.6 is 0 Å². The zero-order valence-electron chi connectivity index (χ0n) is 11.4. The minimum absolute atomic E-state index is 0.0625. The second-order valence-corrected chi connectivity index (χ2v) is 5.46. The van der Waals surface area contributed by atoms with Gasteiger partial charge in [0, 0.05) is 13.2 Å². The summed E-state index contributed by atoms with van der Waals surface area (Å²) in [6.07, 6.45) is 8.15. The molecular formula is C16H25NO. The van der Waals surface area contributed by atoms with E-state index < -0.39 is 0 Å². The van der Waals surface area contributed by atoms with Gasteiger partial charge in [-0.05, 0) is 31.2 Å². The lowest BCUT2D eigenvalue weighted by Gasteiger charge is -2.41. The largest absolute Gasteiger partial charge is 0.377 e. The highest BCUT2D eigenvalue weighted by Crippen LogP contribution is 2.34. The van der Waals surface area contributed by atoms with Gasteiger partial charge >= 0.3 is 0 Å². The molecule has 1 saturated carbocycles. The second-order valence-electron chi connectivity index (χ2n) is 5.46. The van der Waals surface area contributed by atoms with Gasteiger partial charge in [0.25, 0.3) is 0 Å². The number of ether oxygens (including phenoxy) is 1. The highest BCUT2D eigenvalue weighted by atomic mass is 16.5. The first-order valence-corrected chi connectivity index (χ1v) is 7.11. The molecule has 1 aliphatic rings. The molecule has 1 aromatic rings. The van der Waals surface area contributed by atoms with Crippen LogP contribution in [0.3, 0.4) is 0 Å². The molecule has 0 saturated heterocycles. The predicted octanol–water partition coefficient (Wildman–Crippen LogP) is 3.30. The summed E-state index contributed by atoms with van der Waals surface area (Å²) < 4.78 is 5.80. The van der Waals surface area contributed by atoms with Gasteiger partial charge in [0.05, 0.1) is 5.60 Å². The van der Waals surface area contributed by atoms with Crippen LogP contribution in [0.5, 0.6) is 0 Å². The van der Waals surface area contributed by atoms with Gasteiger partial charge in [0.15, 0.2) is 0 Å². The molecule has 2 nitrogen and oxygen atoms in total. The highest BCUT2D eigenvalue weighted by molar-refractivity contribution is 5.15. The van der Waals surface area contributed by atoms with Crippen molar-refractivity contribution in [3.8, 4) is 0 Å². The van der Waals surface area contributed by atoms with Crippen LogP contribution in [-0.4, -0.2) is 18.8 Å². The number of nitrogens with two attached hydrogens (primary N) is 1. The van der Waals surface area contributed by atoms with Crippen molar-refractivity contribution >= 4 is 0 Å². The Morgan fingerprint density at radius 3 is 2.44 bits per heavy atom. The summed E-state index contributed by atoms with van der Waals surface area (Å²) in [5, 5.41) is 0. The molecule has 1 atom stereocenters. The number of benzene rings is 1. The summed E-state index contributed by atoms with van der Waals surface area (Å²) in [5.74, 6) is 0. The first-order chi connectivity index (χ1) is 8.77. The average molecular weight is 247 g/mol. The zero-order valence-corrected chi connectivity index (χ0v) is 11.4. The Balaban J connectivity index is 1.91. The van der Waals surface area contributed by atoms with E-state index in [0.29, 0.717) is 0 Å². The lowest BCUT2D eigenvalue weighted by molar-refractivity contribution is -0.0600. The maximum absolute atomic E-state index is 6.42. The second kappa shape index (κ2) is 6.35. The molecule has 1 aliphatic carbocycles. The van der Waals surface area contributed by atoms with Crippen LogP contribution < -0.4 is 5.73 Å². The quantitative estimate of drug-likeness (QED) is 0.866. The summed E-state index contributed by atoms with van der Waals surface area (Å²) in [6.45, 7) is 0. The third kappa shape index (κ3) is 3.12. The van der Waals surface area contributed by atoms with Crippen LogP contribution in [0.2, 0.25) is 0 Å². The molecule has 18 heavy (non-hydrogen) atoms. The topological polar surface area (TPSA) is 35.2 Å². The Hall–Kier alpha value is -0.860. The molecular weight excluding hydrogens is 222 g/mol. The summed E-state index contributed by atoms with van der Waals surface area (Å²) in [6, 6.07) is 10.7. The molecule has 0 bridgehead atoms. The van der Waals surface area contributed by atoms with E-state index in [2.05, 4.69) is 30.3 Å². The van der Waals surface area contributed by atoms with Crippen LogP contribution in [0.15, 0.2) is 30.3 Å². The molecule has 0 heterocycles. The molecule has 0 aromatic heterocycles. The monoisotopic (exact) mass is 247 g/mol. The SMILES string of the molecule is COC1(C(N)CCc2ccccc2)CCCCC1. The zero-order chi connectivity index (χ0) is 12.8. The Morgan fingerprint density at radius 1 is 1.17 bits per heavy atom. The van der Waals surface area contributed by atoms with Crippen LogP contribution in [0.1, 0.15) is 44.1 Å². The number of hydrogen-bond acceptors (Lipinski definition) is 2. The van der Waals surface area contributed by atoms with Crippen molar-refractivity contribution in [3.63, 3.8) is 0 Å². The van der Waals surface area contributed by atoms with E-state index in [1.807, 2.05) is 7.11 Å². The van der Waals surface area contributed by atoms with Crippen LogP contribution in [0, 0.1) is 0 Å². The molecule has 1 fully saturated rings. The van der Waals surface area contributed by atoms with E-state index in [-0.39, 0.29) is 11.6 Å². The van der Waals surface area contributed by atoms with Gasteiger partial charge in [-0.25, -0.2) is 0 Å². The third-order valence-corrected chi connectivity index (χ3v) is 4.37. The smallest absolute Gasteiger partial charge is 0.0828 e. The molecule has 0 aliphatic heterocycles. The minimum atomic E-state index is -0.0625. The van der Waals surface area contributed by atoms with Crippen molar-refractivity contribution in [2.24, 2.45) is 5.73 Å². The van der Waals surface area contributed by atoms with E-state index in [9.17, 15) is 0 Å². The number of aryl methyl sites for hydroxylation is 1. The Bertz CT molecular complexity index is 343. The van der Waals surface area contributed by atoms with E-state index in [1.165, 1.54) is 24.8 Å². The van der Waals surface area contributed by atoms with E-state index in [1.54, 1.807) is 0 Å². The lowest BCUT2D eigenvalue weighted by Crippen LogP contribution is -2.51. The van der Waals surface area contributed by atoms with Gasteiger partial charge in [-0.15, -0.1) is 0 Å². The summed E-state index contributed by atoms with van der Waals surface area (Å²) in [5.41, 5.74) is 7.72. The summed E-state index contributed by atoms with van der Waals surface area (Å²) in [7, 11) is 1.83. The molecule has 2 N–H and O–H groups in total. The standard InChI is InChI=1S/C16H25NO/c1-18-16(12-6-3-7-13-16)15(17)11-10-14-8-4-2-5-9-14/h2,4-5,8-9,15H,3,6-7,10-13,17H2,1H3. The summed E-state index contributed by atoms with van der Waals surface area (Å²) >= 11 is 0. The van der Waals surface area contributed by atoms with E-state index in [4.69, 9.17) is 10.5 Å². The van der Waals surface area contributed by atoms with Gasteiger partial charge in [0.1, 0.15) is 0 Å². The van der Waals surface area contributed by atoms with Gasteiger partial charge in [-0.1, -0.05) is 49.6 Å². The molecule has 2 heteroatoms. The number of methoxy groups -OCH3 is 1. The third-order valence-electron chi connectivity index (χ3n) is 4.37. The maximum atomic E-state index is 6.42. The normalized spacial score (nSPS) is 20.6. The first kappa shape index (κ1) is 13.6. The van der Waals surface area contributed by atoms with Crippen LogP contribution in [-0.2, 0) is 11.2 Å². The van der Waals surface area contributed by atoms with Gasteiger partial charge in [-0.2, -0.15) is 0 Å². The fourth-order valence-corrected chi connectivity index (χ4v) is 3.11. The molecule has 2 rings (SSSR count). The first-order valence-electron chi connectivity index (χ1n) is 7.11. The Kier molecular flexibility index (Phi) is 4.79. The maximum Gasteiger partial charge on any atom is 0.0828 e. The fourth-order valence-electron chi connectivity index (χ4n) is 3.11. The minimum Gasteiger partial charge on any atom is -0.377 e. The van der Waals surface area contributed by atoms with Crippen molar-refractivity contribution in [3.05, 3.63) is 35.9 Å². The highest BCUT2D eigenvalue weighted by Gasteiger charge is 2.37. The van der Waals surface area contributed by atoms with Crippen molar-refractivity contribution in [1.29, 1.82) is 0 Å². The fraction of sp³-hybridized carbons (Fsp3) is 0.625. The summed E-state index contributed by atoms with van der Waals surface area (Å²) in [4.78, 5) is 0. The lowest BCUT2D eigenvalue weighted by atomic mass is 9.77. The molecule has 0 radical (unpaired) electrons. The Labute approximate surface area is 111 Å². The molecule has 1 aromatic carbocycles. The molecule has 1 unspecified atom stereocenters. The molecule has 0 amide bonds. The molecule has 100 valence electrons. The number of hydrogen-bond donors (Lipinski definition) is 1. The van der Waals surface area contributed by atoms with E-state index in [0.717, 1.165) is 25.7 Å². The van der Waals surface area contributed by atoms with Crippen molar-refractivity contribution < 1.29 is 4.74 Å². The Morgan fingerprint density at radius 2 is 1.83 bits per heavy atom. The van der Waals surface area contributed by atoms with Crippen LogP contribution in [0.4, 0.5) is 0 Å². The van der Waals surface area contributed by atoms with E-state index >= 15 is 0 Å². The number of rotatable bonds is 5. The van der Waals surface area contributed by atoms with Crippen LogP contribution in [0.25, 0.3) is 0 Å². The van der Waals surface area contributed by atoms with Gasteiger partial charge in [-0.3, -0.25) is 0 Å². The van der Waals surface area contributed by atoms with Gasteiger partial charge in [0.2, 0.25) is 0 Å². The van der Waals surface area contributed by atoms with Crippen molar-refractivity contribution in [2.75, 3.05) is 7.11 Å². The van der Waals surface area contributed by atoms with Gasteiger partial charge < -0.3 is 10.5 Å². The predicted molar refractivity (Wildman–Crippen MR) is 75.6 cm³/mol.